The molecule has 0 heterocycles. The quantitative estimate of drug-likeness (QED) is 0.775. The number of esters is 1. The first-order valence-corrected chi connectivity index (χ1v) is 7.01. The van der Waals surface area contributed by atoms with Crippen molar-refractivity contribution in [2.75, 3.05) is 5.75 Å². The van der Waals surface area contributed by atoms with E-state index in [2.05, 4.69) is 0 Å². The maximum absolute atomic E-state index is 11.5. The second kappa shape index (κ2) is 5.92. The molecule has 2 N–H and O–H groups in total. The Labute approximate surface area is 102 Å². The topological polar surface area (TPSA) is 52.3 Å². The smallest absolute Gasteiger partial charge is 0.316 e. The lowest BCUT2D eigenvalue weighted by Gasteiger charge is -2.26. The van der Waals surface area contributed by atoms with Crippen LogP contribution in [0.25, 0.3) is 0 Å². The first-order chi connectivity index (χ1) is 7.37. The molecule has 0 amide bonds. The Bertz CT molecular complexity index is 238. The van der Waals surface area contributed by atoms with E-state index in [9.17, 15) is 4.79 Å². The second-order valence-corrected chi connectivity index (χ2v) is 6.73. The highest BCUT2D eigenvalue weighted by Crippen LogP contribution is 2.28. The molecule has 1 aliphatic carbocycles. The van der Waals surface area contributed by atoms with Crippen molar-refractivity contribution >= 4 is 17.7 Å². The number of nitrogens with two attached hydrogens (primary N) is 1. The zero-order valence-corrected chi connectivity index (χ0v) is 11.3. The van der Waals surface area contributed by atoms with Gasteiger partial charge in [0.05, 0.1) is 5.75 Å². The van der Waals surface area contributed by atoms with Gasteiger partial charge in [-0.1, -0.05) is 6.42 Å². The molecule has 94 valence electrons. The third-order valence-electron chi connectivity index (χ3n) is 2.52. The summed E-state index contributed by atoms with van der Waals surface area (Å²) in [6.07, 6.45) is 4.53. The lowest BCUT2D eigenvalue weighted by molar-refractivity contribution is -0.151. The van der Waals surface area contributed by atoms with E-state index >= 15 is 0 Å². The van der Waals surface area contributed by atoms with E-state index in [-0.39, 0.29) is 11.6 Å². The van der Waals surface area contributed by atoms with Crippen LogP contribution in [0.4, 0.5) is 0 Å². The molecule has 0 aromatic carbocycles. The molecule has 4 heteroatoms. The van der Waals surface area contributed by atoms with Crippen molar-refractivity contribution in [2.24, 2.45) is 5.73 Å². The number of ether oxygens (including phenoxy) is 1. The van der Waals surface area contributed by atoms with Crippen LogP contribution in [0.5, 0.6) is 0 Å². The Morgan fingerprint density at radius 3 is 2.69 bits per heavy atom. The molecule has 0 spiro atoms. The van der Waals surface area contributed by atoms with Gasteiger partial charge < -0.3 is 10.5 Å². The van der Waals surface area contributed by atoms with Crippen molar-refractivity contribution in [2.45, 2.75) is 63.3 Å². The standard InChI is InChI=1S/C12H23NO2S/c1-12(2,3)15-11(14)8-16-10-6-4-5-9(13)7-10/h9-10H,4-8,13H2,1-3H3. The zero-order chi connectivity index (χ0) is 12.2. The molecule has 0 bridgehead atoms. The Balaban J connectivity index is 2.21. The fraction of sp³-hybridized carbons (Fsp3) is 0.917. The maximum atomic E-state index is 11.5. The van der Waals surface area contributed by atoms with Crippen LogP contribution in [0.2, 0.25) is 0 Å². The molecule has 0 aliphatic heterocycles. The number of thioether (sulfide) groups is 1. The van der Waals surface area contributed by atoms with Crippen molar-refractivity contribution in [1.29, 1.82) is 0 Å². The van der Waals surface area contributed by atoms with Crippen molar-refractivity contribution < 1.29 is 9.53 Å². The SMILES string of the molecule is CC(C)(C)OC(=O)CSC1CCCC(N)C1. The minimum Gasteiger partial charge on any atom is -0.459 e. The third kappa shape index (κ3) is 5.75. The van der Waals surface area contributed by atoms with E-state index in [1.807, 2.05) is 20.8 Å². The summed E-state index contributed by atoms with van der Waals surface area (Å²) < 4.78 is 5.26. The summed E-state index contributed by atoms with van der Waals surface area (Å²) >= 11 is 1.70. The van der Waals surface area contributed by atoms with Gasteiger partial charge in [0, 0.05) is 11.3 Å². The van der Waals surface area contributed by atoms with E-state index in [0.717, 1.165) is 12.8 Å². The summed E-state index contributed by atoms with van der Waals surface area (Å²) in [6.45, 7) is 5.68. The van der Waals surface area contributed by atoms with Crippen LogP contribution >= 0.6 is 11.8 Å². The van der Waals surface area contributed by atoms with Gasteiger partial charge in [-0.2, -0.15) is 0 Å². The van der Waals surface area contributed by atoms with Gasteiger partial charge in [-0.15, -0.1) is 11.8 Å². The molecular formula is C12H23NO2S. The van der Waals surface area contributed by atoms with Crippen molar-refractivity contribution in [3.05, 3.63) is 0 Å². The third-order valence-corrected chi connectivity index (χ3v) is 3.83. The summed E-state index contributed by atoms with van der Waals surface area (Å²) in [5.41, 5.74) is 5.53. The molecular weight excluding hydrogens is 222 g/mol. The second-order valence-electron chi connectivity index (χ2n) is 5.45. The van der Waals surface area contributed by atoms with Crippen molar-refractivity contribution in [3.63, 3.8) is 0 Å². The Morgan fingerprint density at radius 1 is 1.44 bits per heavy atom. The van der Waals surface area contributed by atoms with Gasteiger partial charge in [0.15, 0.2) is 0 Å². The van der Waals surface area contributed by atoms with Crippen LogP contribution in [-0.4, -0.2) is 28.6 Å². The lowest BCUT2D eigenvalue weighted by Crippen LogP contribution is -2.30. The van der Waals surface area contributed by atoms with E-state index in [1.54, 1.807) is 11.8 Å². The molecule has 2 atom stereocenters. The molecule has 1 aliphatic rings. The normalized spacial score (nSPS) is 26.5. The molecule has 2 unspecified atom stereocenters. The largest absolute Gasteiger partial charge is 0.459 e. The van der Waals surface area contributed by atoms with E-state index in [4.69, 9.17) is 10.5 Å². The average molecular weight is 245 g/mol. The highest BCUT2D eigenvalue weighted by molar-refractivity contribution is 8.00. The first kappa shape index (κ1) is 13.8. The monoisotopic (exact) mass is 245 g/mol. The summed E-state index contributed by atoms with van der Waals surface area (Å²) in [5, 5.41) is 0.538. The van der Waals surface area contributed by atoms with Crippen LogP contribution in [-0.2, 0) is 9.53 Å². The van der Waals surface area contributed by atoms with Gasteiger partial charge in [-0.25, -0.2) is 0 Å². The highest BCUT2D eigenvalue weighted by atomic mass is 32.2. The number of hydrogen-bond acceptors (Lipinski definition) is 4. The van der Waals surface area contributed by atoms with Gasteiger partial charge in [0.25, 0.3) is 0 Å². The summed E-state index contributed by atoms with van der Waals surface area (Å²) in [4.78, 5) is 11.5. The van der Waals surface area contributed by atoms with Crippen LogP contribution < -0.4 is 5.73 Å². The number of hydrogen-bond donors (Lipinski definition) is 1. The average Bonchev–Trinajstić information content (AvgIpc) is 2.12. The molecule has 0 aromatic rings. The fourth-order valence-corrected chi connectivity index (χ4v) is 3.04. The van der Waals surface area contributed by atoms with Crippen molar-refractivity contribution in [1.82, 2.24) is 0 Å². The summed E-state index contributed by atoms with van der Waals surface area (Å²) in [7, 11) is 0. The molecule has 0 radical (unpaired) electrons. The molecule has 1 saturated carbocycles. The zero-order valence-electron chi connectivity index (χ0n) is 10.5. The Kier molecular flexibility index (Phi) is 5.12. The van der Waals surface area contributed by atoms with Gasteiger partial charge in [0.1, 0.15) is 5.60 Å². The Morgan fingerprint density at radius 2 is 2.12 bits per heavy atom. The van der Waals surface area contributed by atoms with E-state index in [1.165, 1.54) is 12.8 Å². The van der Waals surface area contributed by atoms with E-state index in [0.29, 0.717) is 17.0 Å². The molecule has 1 rings (SSSR count). The predicted octanol–water partition coefficient (Wildman–Crippen LogP) is 2.33. The highest BCUT2D eigenvalue weighted by Gasteiger charge is 2.22. The molecule has 16 heavy (non-hydrogen) atoms. The first-order valence-electron chi connectivity index (χ1n) is 5.96. The van der Waals surface area contributed by atoms with Crippen LogP contribution in [0, 0.1) is 0 Å². The molecule has 0 saturated heterocycles. The number of rotatable bonds is 3. The molecule has 0 aromatic heterocycles. The predicted molar refractivity (Wildman–Crippen MR) is 68.5 cm³/mol. The Hall–Kier alpha value is -0.220. The van der Waals surface area contributed by atoms with Crippen molar-refractivity contribution in [3.8, 4) is 0 Å². The van der Waals surface area contributed by atoms with Crippen LogP contribution in [0.3, 0.4) is 0 Å². The number of carbonyl (C=O) groups is 1. The van der Waals surface area contributed by atoms with Gasteiger partial charge in [-0.05, 0) is 40.0 Å². The summed E-state index contributed by atoms with van der Waals surface area (Å²) in [6, 6.07) is 0.324. The van der Waals surface area contributed by atoms with Crippen LogP contribution in [0.1, 0.15) is 46.5 Å². The van der Waals surface area contributed by atoms with Gasteiger partial charge in [-0.3, -0.25) is 4.79 Å². The minimum atomic E-state index is -0.374. The maximum Gasteiger partial charge on any atom is 0.316 e. The molecule has 1 fully saturated rings. The minimum absolute atomic E-state index is 0.114. The number of carbonyl (C=O) groups excluding carboxylic acids is 1. The van der Waals surface area contributed by atoms with Gasteiger partial charge >= 0.3 is 5.97 Å². The van der Waals surface area contributed by atoms with E-state index < -0.39 is 0 Å². The fourth-order valence-electron chi connectivity index (χ4n) is 1.89. The summed E-state index contributed by atoms with van der Waals surface area (Å²) in [5.74, 6) is 0.339. The van der Waals surface area contributed by atoms with Crippen LogP contribution in [0.15, 0.2) is 0 Å². The van der Waals surface area contributed by atoms with Gasteiger partial charge in [0.2, 0.25) is 0 Å². The molecule has 3 nitrogen and oxygen atoms in total. The lowest BCUT2D eigenvalue weighted by atomic mass is 9.96.